The molecule has 0 saturated heterocycles. The predicted octanol–water partition coefficient (Wildman–Crippen LogP) is 3.50. The highest BCUT2D eigenvalue weighted by molar-refractivity contribution is 9.11. The standard InChI is InChI=1S/C10H7Br2N3OS/c11-6-2-1-5(3-7(6)13)9(16)15-10-14-4-8(12)17-10/h1-4H,13H2,(H,14,15,16). The lowest BCUT2D eigenvalue weighted by Gasteiger charge is -2.03. The molecule has 1 aromatic carbocycles. The molecule has 17 heavy (non-hydrogen) atoms. The minimum absolute atomic E-state index is 0.231. The van der Waals surface area contributed by atoms with Crippen molar-refractivity contribution in [1.29, 1.82) is 0 Å². The van der Waals surface area contributed by atoms with Gasteiger partial charge < -0.3 is 5.73 Å². The van der Waals surface area contributed by atoms with E-state index in [0.717, 1.165) is 8.26 Å². The van der Waals surface area contributed by atoms with Gasteiger partial charge in [0.15, 0.2) is 5.13 Å². The number of nitrogens with zero attached hydrogens (tertiary/aromatic N) is 1. The van der Waals surface area contributed by atoms with E-state index in [4.69, 9.17) is 5.73 Å². The molecule has 1 heterocycles. The van der Waals surface area contributed by atoms with Gasteiger partial charge in [-0.15, -0.1) is 0 Å². The fourth-order valence-corrected chi connectivity index (χ4v) is 2.51. The van der Waals surface area contributed by atoms with Crippen LogP contribution in [0, 0.1) is 0 Å². The summed E-state index contributed by atoms with van der Waals surface area (Å²) in [6.07, 6.45) is 1.64. The maximum Gasteiger partial charge on any atom is 0.257 e. The van der Waals surface area contributed by atoms with E-state index < -0.39 is 0 Å². The van der Waals surface area contributed by atoms with Crippen LogP contribution >= 0.6 is 43.2 Å². The summed E-state index contributed by atoms with van der Waals surface area (Å²) in [6.45, 7) is 0. The normalized spacial score (nSPS) is 10.2. The van der Waals surface area contributed by atoms with Gasteiger partial charge in [0.05, 0.1) is 9.98 Å². The molecule has 0 atom stereocenters. The molecule has 3 N–H and O–H groups in total. The molecule has 0 aliphatic heterocycles. The van der Waals surface area contributed by atoms with Crippen LogP contribution in [0.3, 0.4) is 0 Å². The molecule has 1 aromatic heterocycles. The molecule has 0 saturated carbocycles. The van der Waals surface area contributed by atoms with Gasteiger partial charge in [-0.1, -0.05) is 11.3 Å². The van der Waals surface area contributed by atoms with Crippen LogP contribution in [0.1, 0.15) is 10.4 Å². The van der Waals surface area contributed by atoms with E-state index in [1.165, 1.54) is 11.3 Å². The third-order valence-corrected chi connectivity index (χ3v) is 4.07. The number of benzene rings is 1. The number of halogens is 2. The molecule has 0 spiro atoms. The number of amides is 1. The summed E-state index contributed by atoms with van der Waals surface area (Å²) in [7, 11) is 0. The molecule has 2 rings (SSSR count). The third kappa shape index (κ3) is 3.05. The topological polar surface area (TPSA) is 68.0 Å². The summed E-state index contributed by atoms with van der Waals surface area (Å²) >= 11 is 7.90. The van der Waals surface area contributed by atoms with E-state index in [0.29, 0.717) is 16.4 Å². The van der Waals surface area contributed by atoms with E-state index in [1.807, 2.05) is 0 Å². The van der Waals surface area contributed by atoms with Gasteiger partial charge in [-0.25, -0.2) is 4.98 Å². The van der Waals surface area contributed by atoms with Gasteiger partial charge >= 0.3 is 0 Å². The molecular formula is C10H7Br2N3OS. The Bertz CT molecular complexity index is 570. The highest BCUT2D eigenvalue weighted by Crippen LogP contribution is 2.24. The van der Waals surface area contributed by atoms with Crippen molar-refractivity contribution in [2.45, 2.75) is 0 Å². The lowest BCUT2D eigenvalue weighted by molar-refractivity contribution is 0.102. The number of carbonyl (C=O) groups excluding carboxylic acids is 1. The van der Waals surface area contributed by atoms with Crippen molar-refractivity contribution < 1.29 is 4.79 Å². The molecule has 0 fully saturated rings. The fourth-order valence-electron chi connectivity index (χ4n) is 1.17. The van der Waals surface area contributed by atoms with Gasteiger partial charge in [-0.3, -0.25) is 10.1 Å². The van der Waals surface area contributed by atoms with Crippen LogP contribution in [-0.2, 0) is 0 Å². The Morgan fingerprint density at radius 1 is 1.41 bits per heavy atom. The van der Waals surface area contributed by atoms with Crippen LogP contribution in [0.25, 0.3) is 0 Å². The van der Waals surface area contributed by atoms with Crippen LogP contribution in [-0.4, -0.2) is 10.9 Å². The third-order valence-electron chi connectivity index (χ3n) is 1.96. The first-order valence-corrected chi connectivity index (χ1v) is 6.94. The molecule has 0 radical (unpaired) electrons. The lowest BCUT2D eigenvalue weighted by atomic mass is 10.2. The van der Waals surface area contributed by atoms with E-state index >= 15 is 0 Å². The van der Waals surface area contributed by atoms with Gasteiger partial charge in [0.1, 0.15) is 0 Å². The summed E-state index contributed by atoms with van der Waals surface area (Å²) < 4.78 is 1.63. The van der Waals surface area contributed by atoms with Crippen molar-refractivity contribution in [2.24, 2.45) is 0 Å². The minimum atomic E-state index is -0.231. The summed E-state index contributed by atoms with van der Waals surface area (Å²) in [5, 5.41) is 3.24. The number of hydrogen-bond acceptors (Lipinski definition) is 4. The first-order valence-electron chi connectivity index (χ1n) is 4.54. The summed E-state index contributed by atoms with van der Waals surface area (Å²) in [6, 6.07) is 5.04. The maximum atomic E-state index is 11.9. The Hall–Kier alpha value is -0.920. The van der Waals surface area contributed by atoms with Crippen molar-refractivity contribution in [3.05, 3.63) is 38.2 Å². The number of nitrogen functional groups attached to an aromatic ring is 1. The van der Waals surface area contributed by atoms with Crippen molar-refractivity contribution >= 4 is 59.9 Å². The molecule has 88 valence electrons. The average Bonchev–Trinajstić information content (AvgIpc) is 2.68. The Morgan fingerprint density at radius 2 is 2.18 bits per heavy atom. The molecule has 1 amide bonds. The Kier molecular flexibility index (Phi) is 3.80. The van der Waals surface area contributed by atoms with E-state index in [2.05, 4.69) is 42.2 Å². The SMILES string of the molecule is Nc1cc(C(=O)Nc2ncc(Br)s2)ccc1Br. The van der Waals surface area contributed by atoms with Crippen LogP contribution in [0.5, 0.6) is 0 Å². The highest BCUT2D eigenvalue weighted by atomic mass is 79.9. The number of hydrogen-bond donors (Lipinski definition) is 2. The predicted molar refractivity (Wildman–Crippen MR) is 76.3 cm³/mol. The van der Waals surface area contributed by atoms with Crippen molar-refractivity contribution in [1.82, 2.24) is 4.98 Å². The first kappa shape index (κ1) is 12.5. The monoisotopic (exact) mass is 375 g/mol. The van der Waals surface area contributed by atoms with Crippen LogP contribution in [0.2, 0.25) is 0 Å². The van der Waals surface area contributed by atoms with Gasteiger partial charge in [0, 0.05) is 15.7 Å². The molecule has 7 heteroatoms. The Balaban J connectivity index is 2.17. The second kappa shape index (κ2) is 5.16. The lowest BCUT2D eigenvalue weighted by Crippen LogP contribution is -2.11. The van der Waals surface area contributed by atoms with Crippen LogP contribution in [0.4, 0.5) is 10.8 Å². The second-order valence-electron chi connectivity index (χ2n) is 3.16. The quantitative estimate of drug-likeness (QED) is 0.788. The van der Waals surface area contributed by atoms with Gasteiger partial charge in [0.25, 0.3) is 5.91 Å². The zero-order chi connectivity index (χ0) is 12.4. The van der Waals surface area contributed by atoms with Crippen molar-refractivity contribution in [2.75, 3.05) is 11.1 Å². The van der Waals surface area contributed by atoms with Gasteiger partial charge in [-0.05, 0) is 50.1 Å². The number of thiazole rings is 1. The molecule has 0 aliphatic rings. The second-order valence-corrected chi connectivity index (χ2v) is 6.42. The summed E-state index contributed by atoms with van der Waals surface area (Å²) in [5.41, 5.74) is 6.73. The van der Waals surface area contributed by atoms with Gasteiger partial charge in [0.2, 0.25) is 0 Å². The number of nitrogens with one attached hydrogen (secondary N) is 1. The first-order chi connectivity index (χ1) is 8.06. The number of carbonyl (C=O) groups is 1. The van der Waals surface area contributed by atoms with E-state index in [-0.39, 0.29) is 5.91 Å². The summed E-state index contributed by atoms with van der Waals surface area (Å²) in [5.74, 6) is -0.231. The van der Waals surface area contributed by atoms with E-state index in [9.17, 15) is 4.79 Å². The molecule has 0 aliphatic carbocycles. The van der Waals surface area contributed by atoms with Crippen LogP contribution in [0.15, 0.2) is 32.7 Å². The Morgan fingerprint density at radius 3 is 2.76 bits per heavy atom. The maximum absolute atomic E-state index is 11.9. The Labute approximate surface area is 118 Å². The number of nitrogens with two attached hydrogens (primary N) is 1. The smallest absolute Gasteiger partial charge is 0.257 e. The zero-order valence-electron chi connectivity index (χ0n) is 8.41. The molecule has 2 aromatic rings. The van der Waals surface area contributed by atoms with Crippen molar-refractivity contribution in [3.8, 4) is 0 Å². The van der Waals surface area contributed by atoms with E-state index in [1.54, 1.807) is 24.4 Å². The number of aromatic nitrogens is 1. The zero-order valence-corrected chi connectivity index (χ0v) is 12.4. The molecule has 0 bridgehead atoms. The van der Waals surface area contributed by atoms with Crippen LogP contribution < -0.4 is 11.1 Å². The largest absolute Gasteiger partial charge is 0.398 e. The highest BCUT2D eigenvalue weighted by Gasteiger charge is 2.09. The molecule has 0 unspecified atom stereocenters. The fraction of sp³-hybridized carbons (Fsp3) is 0. The van der Waals surface area contributed by atoms with Gasteiger partial charge in [-0.2, -0.15) is 0 Å². The van der Waals surface area contributed by atoms with Crippen molar-refractivity contribution in [3.63, 3.8) is 0 Å². The molecular weight excluding hydrogens is 370 g/mol. The minimum Gasteiger partial charge on any atom is -0.398 e. The summed E-state index contributed by atoms with van der Waals surface area (Å²) in [4.78, 5) is 15.9. The number of anilines is 2. The average molecular weight is 377 g/mol. The molecule has 4 nitrogen and oxygen atoms in total. The number of rotatable bonds is 2.